The van der Waals surface area contributed by atoms with Gasteiger partial charge in [-0.3, -0.25) is 14.4 Å². The van der Waals surface area contributed by atoms with Gasteiger partial charge in [-0.1, -0.05) is 136 Å². The number of unbranched alkanes of at least 4 members (excludes halogenated alkanes) is 18. The molecule has 0 N–H and O–H groups in total. The summed E-state index contributed by atoms with van der Waals surface area (Å²) in [5.41, 5.74) is -0.828. The standard InChI is InChI=1S/C41H78N2O6/c1-5-8-11-14-17-20-23-27-38(44)47-35-41(34-42(4)32-33-43-30-26-31-43,36-48-39(45)28-24-21-18-15-12-9-6-2)37-49-40(46)29-25-22-19-16-13-10-7-3/h5-37H2,1-4H3. The van der Waals surface area contributed by atoms with Gasteiger partial charge in [0.1, 0.15) is 19.8 Å². The Morgan fingerprint density at radius 1 is 0.531 bits per heavy atom. The number of rotatable bonds is 35. The fourth-order valence-electron chi connectivity index (χ4n) is 6.43. The lowest BCUT2D eigenvalue weighted by atomic mass is 9.90. The van der Waals surface area contributed by atoms with Gasteiger partial charge < -0.3 is 24.0 Å². The summed E-state index contributed by atoms with van der Waals surface area (Å²) < 4.78 is 17.7. The van der Waals surface area contributed by atoms with Gasteiger partial charge in [-0.15, -0.1) is 0 Å². The number of likely N-dealkylation sites (N-methyl/N-ethyl adjacent to an activating group) is 1. The van der Waals surface area contributed by atoms with Crippen molar-refractivity contribution in [3.63, 3.8) is 0 Å². The summed E-state index contributed by atoms with van der Waals surface area (Å²) in [7, 11) is 2.05. The van der Waals surface area contributed by atoms with Crippen LogP contribution < -0.4 is 0 Å². The molecular weight excluding hydrogens is 616 g/mol. The zero-order chi connectivity index (χ0) is 35.8. The van der Waals surface area contributed by atoms with Gasteiger partial charge in [0.25, 0.3) is 0 Å². The van der Waals surface area contributed by atoms with Gasteiger partial charge in [-0.25, -0.2) is 0 Å². The third-order valence-electron chi connectivity index (χ3n) is 9.92. The van der Waals surface area contributed by atoms with Crippen LogP contribution in [0, 0.1) is 5.41 Å². The molecule has 1 heterocycles. The molecule has 0 aliphatic carbocycles. The van der Waals surface area contributed by atoms with E-state index in [0.29, 0.717) is 25.8 Å². The van der Waals surface area contributed by atoms with E-state index in [1.165, 1.54) is 83.5 Å². The van der Waals surface area contributed by atoms with E-state index in [0.717, 1.165) is 84.0 Å². The largest absolute Gasteiger partial charge is 0.465 e. The van der Waals surface area contributed by atoms with E-state index < -0.39 is 5.41 Å². The first-order chi connectivity index (χ1) is 23.8. The van der Waals surface area contributed by atoms with Crippen LogP contribution in [0.1, 0.15) is 181 Å². The minimum atomic E-state index is -0.828. The van der Waals surface area contributed by atoms with E-state index in [-0.39, 0.29) is 37.7 Å². The summed E-state index contributed by atoms with van der Waals surface area (Å²) in [6, 6.07) is 0. The highest BCUT2D eigenvalue weighted by atomic mass is 16.6. The fraction of sp³-hybridized carbons (Fsp3) is 0.927. The maximum absolute atomic E-state index is 12.9. The lowest BCUT2D eigenvalue weighted by molar-refractivity contribution is -0.163. The molecule has 288 valence electrons. The summed E-state index contributed by atoms with van der Waals surface area (Å²) in [6.07, 6.45) is 26.2. The fourth-order valence-corrected chi connectivity index (χ4v) is 6.43. The molecule has 1 saturated heterocycles. The van der Waals surface area contributed by atoms with Crippen molar-refractivity contribution in [2.45, 2.75) is 181 Å². The Morgan fingerprint density at radius 2 is 0.857 bits per heavy atom. The molecule has 0 aromatic rings. The van der Waals surface area contributed by atoms with Gasteiger partial charge in [0, 0.05) is 38.9 Å². The van der Waals surface area contributed by atoms with Gasteiger partial charge in [0.15, 0.2) is 0 Å². The van der Waals surface area contributed by atoms with Crippen molar-refractivity contribution in [3.05, 3.63) is 0 Å². The van der Waals surface area contributed by atoms with Crippen LogP contribution in [0.15, 0.2) is 0 Å². The van der Waals surface area contributed by atoms with Crippen LogP contribution in [0.25, 0.3) is 0 Å². The van der Waals surface area contributed by atoms with E-state index in [4.69, 9.17) is 14.2 Å². The number of hydrogen-bond acceptors (Lipinski definition) is 8. The summed E-state index contributed by atoms with van der Waals surface area (Å²) in [4.78, 5) is 43.4. The Kier molecular flexibility index (Phi) is 28.8. The lowest BCUT2D eigenvalue weighted by Crippen LogP contribution is -2.49. The van der Waals surface area contributed by atoms with Crippen molar-refractivity contribution in [2.75, 3.05) is 59.6 Å². The zero-order valence-corrected chi connectivity index (χ0v) is 32.7. The highest BCUT2D eigenvalue weighted by Crippen LogP contribution is 2.24. The summed E-state index contributed by atoms with van der Waals surface area (Å²) in [6.45, 7) is 11.4. The summed E-state index contributed by atoms with van der Waals surface area (Å²) >= 11 is 0. The average molecular weight is 695 g/mol. The molecule has 49 heavy (non-hydrogen) atoms. The second kappa shape index (κ2) is 31.1. The van der Waals surface area contributed by atoms with Crippen molar-refractivity contribution in [1.29, 1.82) is 0 Å². The first-order valence-corrected chi connectivity index (χ1v) is 20.7. The number of likely N-dealkylation sites (tertiary alicyclic amines) is 1. The van der Waals surface area contributed by atoms with Gasteiger partial charge in [0.05, 0.1) is 5.41 Å². The highest BCUT2D eigenvalue weighted by Gasteiger charge is 2.37. The molecule has 0 atom stereocenters. The topological polar surface area (TPSA) is 85.4 Å². The van der Waals surface area contributed by atoms with E-state index in [1.807, 2.05) is 0 Å². The van der Waals surface area contributed by atoms with Gasteiger partial charge in [-0.05, 0) is 45.8 Å². The minimum Gasteiger partial charge on any atom is -0.465 e. The van der Waals surface area contributed by atoms with Gasteiger partial charge in [-0.2, -0.15) is 0 Å². The Morgan fingerprint density at radius 3 is 1.16 bits per heavy atom. The maximum Gasteiger partial charge on any atom is 0.305 e. The zero-order valence-electron chi connectivity index (χ0n) is 32.7. The molecule has 1 rings (SSSR count). The first kappa shape index (κ1) is 45.4. The van der Waals surface area contributed by atoms with Crippen LogP contribution in [0.5, 0.6) is 0 Å². The number of esters is 3. The molecule has 0 aromatic heterocycles. The molecule has 0 amide bonds. The third-order valence-corrected chi connectivity index (χ3v) is 9.92. The smallest absolute Gasteiger partial charge is 0.305 e. The number of carbonyl (C=O) groups excluding carboxylic acids is 3. The second-order valence-corrected chi connectivity index (χ2v) is 15.0. The second-order valence-electron chi connectivity index (χ2n) is 15.0. The molecule has 8 heteroatoms. The van der Waals surface area contributed by atoms with Crippen molar-refractivity contribution in [3.8, 4) is 0 Å². The monoisotopic (exact) mass is 695 g/mol. The van der Waals surface area contributed by atoms with Crippen molar-refractivity contribution in [1.82, 2.24) is 9.80 Å². The Balaban J connectivity index is 2.82. The normalized spacial score (nSPS) is 13.4. The van der Waals surface area contributed by atoms with Gasteiger partial charge >= 0.3 is 17.9 Å². The lowest BCUT2D eigenvalue weighted by Gasteiger charge is -2.37. The molecule has 1 fully saturated rings. The molecule has 1 aliphatic rings. The molecule has 0 radical (unpaired) electrons. The van der Waals surface area contributed by atoms with Crippen LogP contribution in [0.2, 0.25) is 0 Å². The van der Waals surface area contributed by atoms with Crippen molar-refractivity contribution >= 4 is 17.9 Å². The highest BCUT2D eigenvalue weighted by molar-refractivity contribution is 5.70. The number of nitrogens with zero attached hydrogens (tertiary/aromatic N) is 2. The maximum atomic E-state index is 12.9. The Labute approximate surface area is 302 Å². The summed E-state index contributed by atoms with van der Waals surface area (Å²) in [5.74, 6) is -0.695. The predicted molar refractivity (Wildman–Crippen MR) is 202 cm³/mol. The molecule has 8 nitrogen and oxygen atoms in total. The Bertz CT molecular complexity index is 734. The van der Waals surface area contributed by atoms with Crippen LogP contribution in [0.3, 0.4) is 0 Å². The molecular formula is C41H78N2O6. The first-order valence-electron chi connectivity index (χ1n) is 20.7. The molecule has 1 aliphatic heterocycles. The predicted octanol–water partition coefficient (Wildman–Crippen LogP) is 9.66. The molecule has 0 spiro atoms. The molecule has 0 bridgehead atoms. The van der Waals surface area contributed by atoms with Crippen LogP contribution in [-0.2, 0) is 28.6 Å². The SMILES string of the molecule is CCCCCCCCCC(=O)OCC(COC(=O)CCCCCCCCC)(COC(=O)CCCCCCCCC)CN(C)CCN1CCC1. The van der Waals surface area contributed by atoms with E-state index >= 15 is 0 Å². The van der Waals surface area contributed by atoms with Crippen LogP contribution >= 0.6 is 0 Å². The quantitative estimate of drug-likeness (QED) is 0.0368. The number of carbonyl (C=O) groups is 3. The van der Waals surface area contributed by atoms with Crippen molar-refractivity contribution in [2.24, 2.45) is 5.41 Å². The van der Waals surface area contributed by atoms with Crippen molar-refractivity contribution < 1.29 is 28.6 Å². The van der Waals surface area contributed by atoms with Gasteiger partial charge in [0.2, 0.25) is 0 Å². The number of hydrogen-bond donors (Lipinski definition) is 0. The van der Waals surface area contributed by atoms with Crippen LogP contribution in [0.4, 0.5) is 0 Å². The molecule has 0 saturated carbocycles. The van der Waals surface area contributed by atoms with Crippen LogP contribution in [-0.4, -0.2) is 87.3 Å². The van der Waals surface area contributed by atoms with E-state index in [2.05, 4.69) is 37.6 Å². The van der Waals surface area contributed by atoms with E-state index in [1.54, 1.807) is 0 Å². The van der Waals surface area contributed by atoms with E-state index in [9.17, 15) is 14.4 Å². The summed E-state index contributed by atoms with van der Waals surface area (Å²) in [5, 5.41) is 0. The molecule has 0 aromatic carbocycles. The average Bonchev–Trinajstić information content (AvgIpc) is 3.07. The Hall–Kier alpha value is -1.67. The minimum absolute atomic E-state index is 0.0613. The third kappa shape index (κ3) is 25.9. The number of ether oxygens (including phenoxy) is 3. The molecule has 0 unspecified atom stereocenters.